The molecule has 4 rings (SSSR count). The van der Waals surface area contributed by atoms with Crippen LogP contribution in [0.25, 0.3) is 0 Å². The van der Waals surface area contributed by atoms with Crippen LogP contribution < -0.4 is 16.0 Å². The van der Waals surface area contributed by atoms with Crippen LogP contribution in [0.4, 0.5) is 5.69 Å². The molecule has 7 nitrogen and oxygen atoms in total. The minimum Gasteiger partial charge on any atom is -0.383 e. The van der Waals surface area contributed by atoms with Crippen molar-refractivity contribution in [3.05, 3.63) is 102 Å². The largest absolute Gasteiger partial charge is 0.383 e. The minimum absolute atomic E-state index is 0.104. The second-order valence-corrected chi connectivity index (χ2v) is 9.85. The lowest BCUT2D eigenvalue weighted by Crippen LogP contribution is -2.52. The number of rotatable bonds is 8. The fourth-order valence-corrected chi connectivity index (χ4v) is 4.72. The lowest BCUT2D eigenvalue weighted by Gasteiger charge is -2.28. The molecule has 1 aliphatic heterocycles. The highest BCUT2D eigenvalue weighted by molar-refractivity contribution is 6.00. The van der Waals surface area contributed by atoms with Gasteiger partial charge in [0.1, 0.15) is 18.2 Å². The summed E-state index contributed by atoms with van der Waals surface area (Å²) in [6, 6.07) is 24.1. The maximum atomic E-state index is 13.7. The molecule has 1 heterocycles. The smallest absolute Gasteiger partial charge is 0.249 e. The summed E-state index contributed by atoms with van der Waals surface area (Å²) in [6.45, 7) is 3.81. The molecule has 4 N–H and O–H groups in total. The monoisotopic (exact) mass is 499 g/mol. The highest BCUT2D eigenvalue weighted by Crippen LogP contribution is 2.32. The molecule has 0 aliphatic carbocycles. The Bertz CT molecular complexity index is 1230. The molecule has 0 radical (unpaired) electrons. The second kappa shape index (κ2) is 11.8. The first-order chi connectivity index (χ1) is 17.8. The van der Waals surface area contributed by atoms with Gasteiger partial charge >= 0.3 is 0 Å². The maximum Gasteiger partial charge on any atom is 0.249 e. The van der Waals surface area contributed by atoms with Gasteiger partial charge in [-0.15, -0.1) is 0 Å². The summed E-state index contributed by atoms with van der Waals surface area (Å²) in [4.78, 5) is 40.0. The molecule has 37 heavy (non-hydrogen) atoms. The SMILES string of the molecule is CC(C)C[C@H](O)C(=O)N[C@H](C(=O)N[C@@H]1C(=O)Nc2ccccc2C[C@H]1c1ccccc1)c1ccccc1. The van der Waals surface area contributed by atoms with E-state index in [0.717, 1.165) is 16.8 Å². The van der Waals surface area contributed by atoms with Crippen molar-refractivity contribution in [3.8, 4) is 0 Å². The zero-order chi connectivity index (χ0) is 26.4. The maximum absolute atomic E-state index is 13.7. The topological polar surface area (TPSA) is 108 Å². The van der Waals surface area contributed by atoms with Crippen molar-refractivity contribution in [1.29, 1.82) is 0 Å². The number of amides is 3. The molecular formula is C30H33N3O4. The summed E-state index contributed by atoms with van der Waals surface area (Å²) in [7, 11) is 0. The van der Waals surface area contributed by atoms with Crippen LogP contribution in [-0.2, 0) is 20.8 Å². The van der Waals surface area contributed by atoms with E-state index >= 15 is 0 Å². The number of carbonyl (C=O) groups excluding carboxylic acids is 3. The van der Waals surface area contributed by atoms with Crippen molar-refractivity contribution in [2.45, 2.75) is 50.8 Å². The molecule has 192 valence electrons. The van der Waals surface area contributed by atoms with E-state index in [1.165, 1.54) is 0 Å². The average Bonchev–Trinajstić information content (AvgIpc) is 3.03. The molecule has 1 aliphatic rings. The third kappa shape index (κ3) is 6.43. The first kappa shape index (κ1) is 26.1. The van der Waals surface area contributed by atoms with Crippen molar-refractivity contribution in [2.75, 3.05) is 5.32 Å². The van der Waals surface area contributed by atoms with E-state index < -0.39 is 30.0 Å². The molecule has 7 heteroatoms. The Hall–Kier alpha value is -3.97. The Morgan fingerprint density at radius 3 is 2.22 bits per heavy atom. The molecule has 3 amide bonds. The predicted octanol–water partition coefficient (Wildman–Crippen LogP) is 3.71. The Labute approximate surface area is 217 Å². The number of nitrogens with one attached hydrogen (secondary N) is 3. The number of fused-ring (bicyclic) bond motifs is 1. The summed E-state index contributed by atoms with van der Waals surface area (Å²) in [5.41, 5.74) is 3.17. The van der Waals surface area contributed by atoms with E-state index in [0.29, 0.717) is 12.0 Å². The normalized spacial score (nSPS) is 18.6. The number of para-hydroxylation sites is 1. The highest BCUT2D eigenvalue weighted by atomic mass is 16.3. The first-order valence-corrected chi connectivity index (χ1v) is 12.6. The molecule has 0 saturated heterocycles. The molecule has 3 aromatic rings. The van der Waals surface area contributed by atoms with Gasteiger partial charge in [0.15, 0.2) is 0 Å². The van der Waals surface area contributed by atoms with Gasteiger partial charge < -0.3 is 21.1 Å². The van der Waals surface area contributed by atoms with Crippen molar-refractivity contribution in [2.24, 2.45) is 5.92 Å². The van der Waals surface area contributed by atoms with Crippen LogP contribution in [0.15, 0.2) is 84.9 Å². The van der Waals surface area contributed by atoms with Crippen LogP contribution in [0.1, 0.15) is 48.9 Å². The second-order valence-electron chi connectivity index (χ2n) is 9.85. The van der Waals surface area contributed by atoms with E-state index in [1.54, 1.807) is 24.3 Å². The number of aliphatic hydroxyl groups is 1. The van der Waals surface area contributed by atoms with Crippen LogP contribution in [0.5, 0.6) is 0 Å². The van der Waals surface area contributed by atoms with E-state index in [2.05, 4.69) is 16.0 Å². The fraction of sp³-hybridized carbons (Fsp3) is 0.300. The molecular weight excluding hydrogens is 466 g/mol. The summed E-state index contributed by atoms with van der Waals surface area (Å²) in [5, 5.41) is 18.9. The van der Waals surface area contributed by atoms with Gasteiger partial charge in [-0.25, -0.2) is 0 Å². The molecule has 3 aromatic carbocycles. The van der Waals surface area contributed by atoms with Crippen molar-refractivity contribution in [1.82, 2.24) is 10.6 Å². The van der Waals surface area contributed by atoms with Gasteiger partial charge in [-0.1, -0.05) is 92.7 Å². The molecule has 0 aromatic heterocycles. The zero-order valence-corrected chi connectivity index (χ0v) is 21.1. The van der Waals surface area contributed by atoms with Gasteiger partial charge in [-0.05, 0) is 41.5 Å². The van der Waals surface area contributed by atoms with Gasteiger partial charge in [0.2, 0.25) is 17.7 Å². The fourth-order valence-electron chi connectivity index (χ4n) is 4.72. The Kier molecular flexibility index (Phi) is 8.36. The number of benzene rings is 3. The zero-order valence-electron chi connectivity index (χ0n) is 21.1. The lowest BCUT2D eigenvalue weighted by molar-refractivity contribution is -0.135. The van der Waals surface area contributed by atoms with Gasteiger partial charge in [-0.2, -0.15) is 0 Å². The lowest BCUT2D eigenvalue weighted by atomic mass is 9.86. The summed E-state index contributed by atoms with van der Waals surface area (Å²) in [5.74, 6) is -1.70. The number of hydrogen-bond donors (Lipinski definition) is 4. The van der Waals surface area contributed by atoms with Gasteiger partial charge in [0.25, 0.3) is 0 Å². The summed E-state index contributed by atoms with van der Waals surface area (Å²) in [6.07, 6.45) is -0.431. The van der Waals surface area contributed by atoms with Gasteiger partial charge in [0.05, 0.1) is 0 Å². The third-order valence-electron chi connectivity index (χ3n) is 6.60. The Balaban J connectivity index is 1.64. The molecule has 0 saturated carbocycles. The van der Waals surface area contributed by atoms with Crippen LogP contribution in [0.2, 0.25) is 0 Å². The van der Waals surface area contributed by atoms with E-state index in [-0.39, 0.29) is 24.2 Å². The quantitative estimate of drug-likeness (QED) is 0.379. The van der Waals surface area contributed by atoms with Crippen molar-refractivity contribution < 1.29 is 19.5 Å². The number of aliphatic hydroxyl groups excluding tert-OH is 1. The van der Waals surface area contributed by atoms with E-state index in [4.69, 9.17) is 0 Å². The Morgan fingerprint density at radius 1 is 0.919 bits per heavy atom. The van der Waals surface area contributed by atoms with Crippen molar-refractivity contribution >= 4 is 23.4 Å². The summed E-state index contributed by atoms with van der Waals surface area (Å²) < 4.78 is 0. The average molecular weight is 500 g/mol. The van der Waals surface area contributed by atoms with Crippen LogP contribution in [-0.4, -0.2) is 35.0 Å². The van der Waals surface area contributed by atoms with Crippen molar-refractivity contribution in [3.63, 3.8) is 0 Å². The highest BCUT2D eigenvalue weighted by Gasteiger charge is 2.37. The van der Waals surface area contributed by atoms with Gasteiger partial charge in [0, 0.05) is 11.6 Å². The molecule has 0 fully saturated rings. The number of hydrogen-bond acceptors (Lipinski definition) is 4. The third-order valence-corrected chi connectivity index (χ3v) is 6.60. The first-order valence-electron chi connectivity index (χ1n) is 12.6. The van der Waals surface area contributed by atoms with Crippen LogP contribution in [0, 0.1) is 5.92 Å². The standard InChI is InChI=1S/C30H33N3O4/c1-19(2)17-25(34)28(35)32-26(21-13-7-4-8-14-21)29(36)33-27-23(20-11-5-3-6-12-20)18-22-15-9-10-16-24(22)31-30(27)37/h3-16,19,23,25-27,34H,17-18H2,1-2H3,(H,31,37)(H,32,35)(H,33,36)/t23-,25-,26-,27-/m0/s1. The Morgan fingerprint density at radius 2 is 1.54 bits per heavy atom. The molecule has 4 atom stereocenters. The van der Waals surface area contributed by atoms with Crippen LogP contribution >= 0.6 is 0 Å². The summed E-state index contributed by atoms with van der Waals surface area (Å²) >= 11 is 0. The van der Waals surface area contributed by atoms with Gasteiger partial charge in [-0.3, -0.25) is 14.4 Å². The molecule has 0 unspecified atom stereocenters. The molecule has 0 spiro atoms. The number of anilines is 1. The minimum atomic E-state index is -1.24. The van der Waals surface area contributed by atoms with E-state index in [1.807, 2.05) is 74.5 Å². The van der Waals surface area contributed by atoms with E-state index in [9.17, 15) is 19.5 Å². The number of carbonyl (C=O) groups is 3. The predicted molar refractivity (Wildman–Crippen MR) is 143 cm³/mol. The van der Waals surface area contributed by atoms with Crippen LogP contribution in [0.3, 0.4) is 0 Å². The molecule has 0 bridgehead atoms.